The molecule has 1 aromatic heterocycles. The van der Waals surface area contributed by atoms with E-state index in [1.165, 1.54) is 24.4 Å². The van der Waals surface area contributed by atoms with Gasteiger partial charge in [-0.1, -0.05) is 0 Å². The molecule has 1 heterocycles. The number of halogens is 2. The van der Waals surface area contributed by atoms with Gasteiger partial charge in [0.2, 0.25) is 5.88 Å². The summed E-state index contributed by atoms with van der Waals surface area (Å²) in [6.45, 7) is 3.73. The van der Waals surface area contributed by atoms with Crippen LogP contribution in [-0.4, -0.2) is 16.9 Å². The van der Waals surface area contributed by atoms with Crippen LogP contribution in [0.25, 0.3) is 0 Å². The average molecular weight is 353 g/mol. The summed E-state index contributed by atoms with van der Waals surface area (Å²) >= 11 is 3.21. The third-order valence-corrected chi connectivity index (χ3v) is 3.16. The van der Waals surface area contributed by atoms with Gasteiger partial charge in [0.1, 0.15) is 17.1 Å². The fourth-order valence-electron chi connectivity index (χ4n) is 1.65. The van der Waals surface area contributed by atoms with Gasteiger partial charge in [0.25, 0.3) is 5.91 Å². The summed E-state index contributed by atoms with van der Waals surface area (Å²) in [6, 6.07) is 7.31. The van der Waals surface area contributed by atoms with Crippen LogP contribution in [0.2, 0.25) is 0 Å². The first-order valence-corrected chi connectivity index (χ1v) is 7.15. The number of amides is 1. The lowest BCUT2D eigenvalue weighted by Crippen LogP contribution is -2.30. The van der Waals surface area contributed by atoms with Crippen LogP contribution in [0.1, 0.15) is 24.2 Å². The first-order chi connectivity index (χ1) is 9.97. The SMILES string of the molecule is CC(C)NC(=O)c1cccnc1Oc1ccc(F)cc1Br. The summed E-state index contributed by atoms with van der Waals surface area (Å²) in [6.07, 6.45) is 1.53. The number of carbonyl (C=O) groups is 1. The number of nitrogens with zero attached hydrogens (tertiary/aromatic N) is 1. The number of aromatic nitrogens is 1. The molecule has 1 aromatic carbocycles. The normalized spacial score (nSPS) is 10.5. The highest BCUT2D eigenvalue weighted by Gasteiger charge is 2.16. The predicted octanol–water partition coefficient (Wildman–Crippen LogP) is 3.91. The number of carbonyl (C=O) groups excluding carboxylic acids is 1. The van der Waals surface area contributed by atoms with Crippen LogP contribution in [0.3, 0.4) is 0 Å². The van der Waals surface area contributed by atoms with E-state index in [0.717, 1.165) is 0 Å². The third kappa shape index (κ3) is 4.01. The number of benzene rings is 1. The minimum atomic E-state index is -0.381. The second kappa shape index (κ2) is 6.67. The van der Waals surface area contributed by atoms with E-state index in [4.69, 9.17) is 4.74 Å². The molecule has 2 aromatic rings. The molecule has 0 aliphatic rings. The maximum atomic E-state index is 13.1. The molecule has 4 nitrogen and oxygen atoms in total. The Labute approximate surface area is 130 Å². The Hall–Kier alpha value is -1.95. The second-order valence-electron chi connectivity index (χ2n) is 4.66. The zero-order chi connectivity index (χ0) is 15.4. The Morgan fingerprint density at radius 3 is 2.81 bits per heavy atom. The van der Waals surface area contributed by atoms with Crippen molar-refractivity contribution >= 4 is 21.8 Å². The highest BCUT2D eigenvalue weighted by molar-refractivity contribution is 9.10. The van der Waals surface area contributed by atoms with Gasteiger partial charge in [-0.25, -0.2) is 9.37 Å². The topological polar surface area (TPSA) is 51.2 Å². The van der Waals surface area contributed by atoms with Crippen LogP contribution in [0, 0.1) is 5.82 Å². The Morgan fingerprint density at radius 2 is 2.14 bits per heavy atom. The first-order valence-electron chi connectivity index (χ1n) is 6.36. The Kier molecular flexibility index (Phi) is 4.90. The molecule has 2 rings (SSSR count). The highest BCUT2D eigenvalue weighted by Crippen LogP contribution is 2.30. The van der Waals surface area contributed by atoms with Crippen LogP contribution in [0.5, 0.6) is 11.6 Å². The van der Waals surface area contributed by atoms with E-state index < -0.39 is 0 Å². The van der Waals surface area contributed by atoms with E-state index >= 15 is 0 Å². The fourth-order valence-corrected chi connectivity index (χ4v) is 2.08. The predicted molar refractivity (Wildman–Crippen MR) is 81.0 cm³/mol. The number of nitrogens with one attached hydrogen (secondary N) is 1. The molecule has 0 saturated carbocycles. The van der Waals surface area contributed by atoms with Gasteiger partial charge >= 0.3 is 0 Å². The van der Waals surface area contributed by atoms with E-state index in [9.17, 15) is 9.18 Å². The van der Waals surface area contributed by atoms with Gasteiger partial charge in [0.05, 0.1) is 4.47 Å². The molecule has 6 heteroatoms. The Bertz CT molecular complexity index is 662. The van der Waals surface area contributed by atoms with Gasteiger partial charge in [-0.2, -0.15) is 0 Å². The number of hydrogen-bond acceptors (Lipinski definition) is 3. The van der Waals surface area contributed by atoms with E-state index in [2.05, 4.69) is 26.2 Å². The van der Waals surface area contributed by atoms with Crippen LogP contribution in [0.4, 0.5) is 4.39 Å². The summed E-state index contributed by atoms with van der Waals surface area (Å²) in [4.78, 5) is 16.2. The molecular weight excluding hydrogens is 339 g/mol. The molecule has 0 spiro atoms. The van der Waals surface area contributed by atoms with Crippen molar-refractivity contribution in [3.63, 3.8) is 0 Å². The monoisotopic (exact) mass is 352 g/mol. The summed E-state index contributed by atoms with van der Waals surface area (Å²) < 4.78 is 19.1. The van der Waals surface area contributed by atoms with Crippen molar-refractivity contribution in [2.45, 2.75) is 19.9 Å². The molecule has 0 fully saturated rings. The first kappa shape index (κ1) is 15.4. The van der Waals surface area contributed by atoms with E-state index in [1.54, 1.807) is 12.1 Å². The van der Waals surface area contributed by atoms with Crippen molar-refractivity contribution in [1.29, 1.82) is 0 Å². The molecule has 1 amide bonds. The molecule has 110 valence electrons. The molecule has 0 aliphatic heterocycles. The maximum Gasteiger partial charge on any atom is 0.256 e. The lowest BCUT2D eigenvalue weighted by atomic mass is 10.2. The Morgan fingerprint density at radius 1 is 1.38 bits per heavy atom. The summed E-state index contributed by atoms with van der Waals surface area (Å²) in [7, 11) is 0. The molecule has 0 bridgehead atoms. The molecule has 0 saturated heterocycles. The maximum absolute atomic E-state index is 13.1. The molecule has 0 unspecified atom stereocenters. The van der Waals surface area contributed by atoms with Gasteiger partial charge in [0, 0.05) is 12.2 Å². The highest BCUT2D eigenvalue weighted by atomic mass is 79.9. The lowest BCUT2D eigenvalue weighted by Gasteiger charge is -2.12. The van der Waals surface area contributed by atoms with Gasteiger partial charge in [-0.15, -0.1) is 0 Å². The van der Waals surface area contributed by atoms with Crippen LogP contribution in [0.15, 0.2) is 41.0 Å². The summed E-state index contributed by atoms with van der Waals surface area (Å²) in [5.41, 5.74) is 0.322. The molecule has 0 radical (unpaired) electrons. The molecule has 1 N–H and O–H groups in total. The summed E-state index contributed by atoms with van der Waals surface area (Å²) in [5.74, 6) is -0.101. The largest absolute Gasteiger partial charge is 0.437 e. The van der Waals surface area contributed by atoms with E-state index in [1.807, 2.05) is 13.8 Å². The molecule has 0 aliphatic carbocycles. The van der Waals surface area contributed by atoms with Crippen molar-refractivity contribution in [1.82, 2.24) is 10.3 Å². The van der Waals surface area contributed by atoms with Crippen molar-refractivity contribution in [2.75, 3.05) is 0 Å². The van der Waals surface area contributed by atoms with Crippen molar-refractivity contribution in [3.8, 4) is 11.6 Å². The zero-order valence-electron chi connectivity index (χ0n) is 11.6. The van der Waals surface area contributed by atoms with Crippen molar-refractivity contribution in [2.24, 2.45) is 0 Å². The molecular formula is C15H14BrFN2O2. The molecule has 21 heavy (non-hydrogen) atoms. The van der Waals surface area contributed by atoms with E-state index in [0.29, 0.717) is 15.8 Å². The van der Waals surface area contributed by atoms with Gasteiger partial charge in [0.15, 0.2) is 0 Å². The molecule has 0 atom stereocenters. The van der Waals surface area contributed by atoms with Crippen LogP contribution >= 0.6 is 15.9 Å². The van der Waals surface area contributed by atoms with Gasteiger partial charge in [-0.05, 0) is 60.1 Å². The van der Waals surface area contributed by atoms with Gasteiger partial charge < -0.3 is 10.1 Å². The average Bonchev–Trinajstić information content (AvgIpc) is 2.41. The fraction of sp³-hybridized carbons (Fsp3) is 0.200. The van der Waals surface area contributed by atoms with Crippen molar-refractivity contribution in [3.05, 3.63) is 52.4 Å². The van der Waals surface area contributed by atoms with Crippen LogP contribution in [-0.2, 0) is 0 Å². The minimum Gasteiger partial charge on any atom is -0.437 e. The van der Waals surface area contributed by atoms with Crippen LogP contribution < -0.4 is 10.1 Å². The van der Waals surface area contributed by atoms with E-state index in [-0.39, 0.29) is 23.6 Å². The quantitative estimate of drug-likeness (QED) is 0.907. The number of hydrogen-bond donors (Lipinski definition) is 1. The minimum absolute atomic E-state index is 0.00288. The summed E-state index contributed by atoms with van der Waals surface area (Å²) in [5, 5.41) is 2.78. The lowest BCUT2D eigenvalue weighted by molar-refractivity contribution is 0.0940. The van der Waals surface area contributed by atoms with Gasteiger partial charge in [-0.3, -0.25) is 4.79 Å². The number of pyridine rings is 1. The third-order valence-electron chi connectivity index (χ3n) is 2.54. The van der Waals surface area contributed by atoms with Crippen molar-refractivity contribution < 1.29 is 13.9 Å². The number of ether oxygens (including phenoxy) is 1. The smallest absolute Gasteiger partial charge is 0.256 e. The Balaban J connectivity index is 2.30. The second-order valence-corrected chi connectivity index (χ2v) is 5.52. The zero-order valence-corrected chi connectivity index (χ0v) is 13.1. The standard InChI is InChI=1S/C15H14BrFN2O2/c1-9(2)19-14(20)11-4-3-7-18-15(11)21-13-6-5-10(17)8-12(13)16/h3-9H,1-2H3,(H,19,20). The number of rotatable bonds is 4.